The first-order chi connectivity index (χ1) is 12.1. The van der Waals surface area contributed by atoms with Crippen LogP contribution in [0.2, 0.25) is 0 Å². The maximum Gasteiger partial charge on any atom is 0.269 e. The van der Waals surface area contributed by atoms with Crippen LogP contribution in [0.4, 0.5) is 11.4 Å². The van der Waals surface area contributed by atoms with Crippen LogP contribution in [0.3, 0.4) is 0 Å². The molecule has 0 aromatic heterocycles. The van der Waals surface area contributed by atoms with Gasteiger partial charge in [0.15, 0.2) is 0 Å². The van der Waals surface area contributed by atoms with Gasteiger partial charge in [0.1, 0.15) is 0 Å². The summed E-state index contributed by atoms with van der Waals surface area (Å²) in [4.78, 5) is 22.4. The minimum absolute atomic E-state index is 0.0136. The number of nitrogens with one attached hydrogen (secondary N) is 1. The lowest BCUT2D eigenvalue weighted by Crippen LogP contribution is -2.14. The molecular formula is C20H16N2O3. The predicted octanol–water partition coefficient (Wildman–Crippen LogP) is 4.44. The number of hydrogen-bond donors (Lipinski definition) is 1. The normalized spacial score (nSPS) is 10.2. The molecule has 0 atom stereocenters. The predicted molar refractivity (Wildman–Crippen MR) is 97.3 cm³/mol. The molecule has 0 spiro atoms. The van der Waals surface area contributed by atoms with Gasteiger partial charge in [-0.15, -0.1) is 0 Å². The van der Waals surface area contributed by atoms with E-state index in [1.165, 1.54) is 12.1 Å². The van der Waals surface area contributed by atoms with Crippen molar-refractivity contribution >= 4 is 17.3 Å². The molecule has 124 valence electrons. The van der Waals surface area contributed by atoms with Gasteiger partial charge in [0.2, 0.25) is 5.91 Å². The molecule has 25 heavy (non-hydrogen) atoms. The van der Waals surface area contributed by atoms with Gasteiger partial charge in [-0.3, -0.25) is 14.9 Å². The van der Waals surface area contributed by atoms with Crippen molar-refractivity contribution in [2.24, 2.45) is 0 Å². The van der Waals surface area contributed by atoms with Crippen molar-refractivity contribution in [3.63, 3.8) is 0 Å². The number of rotatable bonds is 5. The SMILES string of the molecule is O=C(Cc1ccc([N+](=O)[O-])cc1)Nc1cccc(-c2ccccc2)c1. The summed E-state index contributed by atoms with van der Waals surface area (Å²) >= 11 is 0. The number of nitro groups is 1. The molecule has 0 unspecified atom stereocenters. The Kier molecular flexibility index (Phi) is 4.85. The zero-order valence-electron chi connectivity index (χ0n) is 13.4. The number of carbonyl (C=O) groups excluding carboxylic acids is 1. The minimum atomic E-state index is -0.459. The molecule has 0 bridgehead atoms. The molecule has 0 saturated carbocycles. The summed E-state index contributed by atoms with van der Waals surface area (Å²) in [5.41, 5.74) is 3.55. The molecule has 0 fully saturated rings. The molecule has 0 aliphatic rings. The molecule has 3 aromatic rings. The molecule has 5 nitrogen and oxygen atoms in total. The summed E-state index contributed by atoms with van der Waals surface area (Å²) in [5, 5.41) is 13.5. The fraction of sp³-hybridized carbons (Fsp3) is 0.0500. The molecule has 5 heteroatoms. The van der Waals surface area contributed by atoms with E-state index in [2.05, 4.69) is 5.32 Å². The summed E-state index contributed by atoms with van der Waals surface area (Å²) in [6.45, 7) is 0. The second-order valence-corrected chi connectivity index (χ2v) is 5.60. The summed E-state index contributed by atoms with van der Waals surface area (Å²) in [6, 6.07) is 23.5. The van der Waals surface area contributed by atoms with Crippen molar-refractivity contribution in [3.05, 3.63) is 94.5 Å². The maximum atomic E-state index is 12.2. The van der Waals surface area contributed by atoms with Crippen molar-refractivity contribution in [2.75, 3.05) is 5.32 Å². The van der Waals surface area contributed by atoms with E-state index in [1.54, 1.807) is 12.1 Å². The van der Waals surface area contributed by atoms with Crippen molar-refractivity contribution in [2.45, 2.75) is 6.42 Å². The second-order valence-electron chi connectivity index (χ2n) is 5.60. The van der Waals surface area contributed by atoms with Gasteiger partial charge in [-0.1, -0.05) is 54.6 Å². The molecule has 0 radical (unpaired) electrons. The van der Waals surface area contributed by atoms with E-state index in [9.17, 15) is 14.9 Å². The molecule has 0 heterocycles. The highest BCUT2D eigenvalue weighted by molar-refractivity contribution is 5.93. The van der Waals surface area contributed by atoms with E-state index in [-0.39, 0.29) is 18.0 Å². The van der Waals surface area contributed by atoms with Crippen molar-refractivity contribution < 1.29 is 9.72 Å². The first-order valence-electron chi connectivity index (χ1n) is 7.80. The highest BCUT2D eigenvalue weighted by Crippen LogP contribution is 2.22. The highest BCUT2D eigenvalue weighted by Gasteiger charge is 2.08. The van der Waals surface area contributed by atoms with Crippen LogP contribution in [0.15, 0.2) is 78.9 Å². The number of nitro benzene ring substituents is 1. The van der Waals surface area contributed by atoms with Crippen LogP contribution in [0, 0.1) is 10.1 Å². The number of amides is 1. The molecule has 1 amide bonds. The third-order valence-electron chi connectivity index (χ3n) is 3.77. The van der Waals surface area contributed by atoms with Crippen LogP contribution in [0.5, 0.6) is 0 Å². The smallest absolute Gasteiger partial charge is 0.269 e. The van der Waals surface area contributed by atoms with E-state index in [0.717, 1.165) is 16.7 Å². The molecule has 3 rings (SSSR count). The monoisotopic (exact) mass is 332 g/mol. The van der Waals surface area contributed by atoms with E-state index in [0.29, 0.717) is 5.69 Å². The van der Waals surface area contributed by atoms with Gasteiger partial charge in [-0.25, -0.2) is 0 Å². The van der Waals surface area contributed by atoms with Gasteiger partial charge in [0.05, 0.1) is 11.3 Å². The standard InChI is InChI=1S/C20H16N2O3/c23-20(13-15-9-11-19(12-10-15)22(24)25)21-18-8-4-7-17(14-18)16-5-2-1-3-6-16/h1-12,14H,13H2,(H,21,23). The third kappa shape index (κ3) is 4.29. The van der Waals surface area contributed by atoms with Crippen LogP contribution >= 0.6 is 0 Å². The average Bonchev–Trinajstić information content (AvgIpc) is 2.63. The molecule has 0 aliphatic heterocycles. The zero-order chi connectivity index (χ0) is 17.6. The fourth-order valence-corrected chi connectivity index (χ4v) is 2.53. The van der Waals surface area contributed by atoms with Gasteiger partial charge < -0.3 is 5.32 Å². The Morgan fingerprint density at radius 3 is 2.24 bits per heavy atom. The van der Waals surface area contributed by atoms with E-state index in [4.69, 9.17) is 0 Å². The highest BCUT2D eigenvalue weighted by atomic mass is 16.6. The summed E-state index contributed by atoms with van der Waals surface area (Å²) in [7, 11) is 0. The number of hydrogen-bond acceptors (Lipinski definition) is 3. The van der Waals surface area contributed by atoms with E-state index < -0.39 is 4.92 Å². The number of non-ortho nitro benzene ring substituents is 1. The van der Waals surface area contributed by atoms with Crippen molar-refractivity contribution in [1.29, 1.82) is 0 Å². The topological polar surface area (TPSA) is 72.2 Å². The summed E-state index contributed by atoms with van der Waals surface area (Å²) in [5.74, 6) is -0.168. The zero-order valence-corrected chi connectivity index (χ0v) is 13.4. The first kappa shape index (κ1) is 16.4. The number of carbonyl (C=O) groups is 1. The Morgan fingerprint density at radius 1 is 0.880 bits per heavy atom. The molecular weight excluding hydrogens is 316 g/mol. The Balaban J connectivity index is 1.68. The molecule has 1 N–H and O–H groups in total. The van der Waals surface area contributed by atoms with Crippen LogP contribution in [0.25, 0.3) is 11.1 Å². The molecule has 3 aromatic carbocycles. The lowest BCUT2D eigenvalue weighted by Gasteiger charge is -2.08. The quantitative estimate of drug-likeness (QED) is 0.554. The maximum absolute atomic E-state index is 12.2. The Bertz CT molecular complexity index is 890. The van der Waals surface area contributed by atoms with Crippen LogP contribution < -0.4 is 5.32 Å². The first-order valence-corrected chi connectivity index (χ1v) is 7.80. The Labute approximate surface area is 145 Å². The Hall–Kier alpha value is -3.47. The van der Waals surface area contributed by atoms with E-state index >= 15 is 0 Å². The van der Waals surface area contributed by atoms with Crippen LogP contribution in [-0.2, 0) is 11.2 Å². The Morgan fingerprint density at radius 2 is 1.56 bits per heavy atom. The molecule has 0 aliphatic carbocycles. The largest absolute Gasteiger partial charge is 0.326 e. The average molecular weight is 332 g/mol. The van der Waals surface area contributed by atoms with Gasteiger partial charge in [0, 0.05) is 17.8 Å². The lowest BCUT2D eigenvalue weighted by molar-refractivity contribution is -0.384. The fourth-order valence-electron chi connectivity index (χ4n) is 2.53. The van der Waals surface area contributed by atoms with Gasteiger partial charge >= 0.3 is 0 Å². The molecule has 0 saturated heterocycles. The summed E-state index contributed by atoms with van der Waals surface area (Å²) < 4.78 is 0. The second kappa shape index (κ2) is 7.40. The number of nitrogens with zero attached hydrogens (tertiary/aromatic N) is 1. The van der Waals surface area contributed by atoms with E-state index in [1.807, 2.05) is 54.6 Å². The van der Waals surface area contributed by atoms with Crippen molar-refractivity contribution in [1.82, 2.24) is 0 Å². The van der Waals surface area contributed by atoms with Crippen LogP contribution in [-0.4, -0.2) is 10.8 Å². The number of benzene rings is 3. The van der Waals surface area contributed by atoms with Crippen LogP contribution in [0.1, 0.15) is 5.56 Å². The van der Waals surface area contributed by atoms with Gasteiger partial charge in [-0.05, 0) is 28.8 Å². The number of anilines is 1. The van der Waals surface area contributed by atoms with Crippen molar-refractivity contribution in [3.8, 4) is 11.1 Å². The lowest BCUT2D eigenvalue weighted by atomic mass is 10.1. The van der Waals surface area contributed by atoms with Gasteiger partial charge in [0.25, 0.3) is 5.69 Å². The third-order valence-corrected chi connectivity index (χ3v) is 3.77. The minimum Gasteiger partial charge on any atom is -0.326 e. The summed E-state index contributed by atoms with van der Waals surface area (Å²) in [6.07, 6.45) is 0.160. The van der Waals surface area contributed by atoms with Gasteiger partial charge in [-0.2, -0.15) is 0 Å².